The average molecular weight is 559 g/mol. The SMILES string of the molecule is CCCC[N+]1=C(/C=C2\C(=O)C(/C=C3\N(CC)c4ccc(OC)cc4C3(C)C)=C2C(=C=[N-])C#N)C(C)(C)c2ccccc21. The van der Waals surface area contributed by atoms with E-state index < -0.39 is 5.41 Å². The summed E-state index contributed by atoms with van der Waals surface area (Å²) in [4.78, 5) is 16.2. The topological polar surface area (TPSA) is 78.6 Å². The predicted molar refractivity (Wildman–Crippen MR) is 169 cm³/mol. The van der Waals surface area contributed by atoms with Crippen LogP contribution in [0.5, 0.6) is 5.75 Å². The van der Waals surface area contributed by atoms with Crippen LogP contribution in [0.2, 0.25) is 0 Å². The normalized spacial score (nSPS) is 20.0. The van der Waals surface area contributed by atoms with Gasteiger partial charge in [-0.1, -0.05) is 45.4 Å². The van der Waals surface area contributed by atoms with Crippen molar-refractivity contribution in [1.29, 1.82) is 5.26 Å². The van der Waals surface area contributed by atoms with Crippen molar-refractivity contribution in [2.75, 3.05) is 25.1 Å². The molecule has 1 aliphatic carbocycles. The Labute approximate surface area is 249 Å². The highest BCUT2D eigenvalue weighted by Crippen LogP contribution is 2.50. The number of ketones is 1. The lowest BCUT2D eigenvalue weighted by Gasteiger charge is -2.30. The third-order valence-corrected chi connectivity index (χ3v) is 9.01. The van der Waals surface area contributed by atoms with Gasteiger partial charge in [-0.15, -0.1) is 0 Å². The molecule has 2 aliphatic heterocycles. The molecule has 0 saturated heterocycles. The minimum absolute atomic E-state index is 0.0419. The molecule has 0 saturated carbocycles. The first kappa shape index (κ1) is 29.0. The summed E-state index contributed by atoms with van der Waals surface area (Å²) in [5, 5.41) is 19.9. The Bertz CT molecular complexity index is 1720. The van der Waals surface area contributed by atoms with Crippen molar-refractivity contribution in [3.8, 4) is 11.8 Å². The van der Waals surface area contributed by atoms with Gasteiger partial charge in [-0.2, -0.15) is 9.84 Å². The van der Waals surface area contributed by atoms with Gasteiger partial charge in [-0.25, -0.2) is 5.87 Å². The van der Waals surface area contributed by atoms with Gasteiger partial charge in [0.1, 0.15) is 18.4 Å². The number of hydrogen-bond donors (Lipinski definition) is 0. The van der Waals surface area contributed by atoms with E-state index in [0.29, 0.717) is 23.3 Å². The van der Waals surface area contributed by atoms with Crippen LogP contribution in [0.4, 0.5) is 11.4 Å². The molecular weight excluding hydrogens is 520 g/mol. The summed E-state index contributed by atoms with van der Waals surface area (Å²) in [6.07, 6.45) is 5.88. The zero-order chi connectivity index (χ0) is 30.4. The van der Waals surface area contributed by atoms with Crippen LogP contribution in [-0.4, -0.2) is 42.1 Å². The van der Waals surface area contributed by atoms with E-state index in [1.807, 2.05) is 42.5 Å². The summed E-state index contributed by atoms with van der Waals surface area (Å²) in [5.41, 5.74) is 6.96. The lowest BCUT2D eigenvalue weighted by Crippen LogP contribution is -2.32. The lowest BCUT2D eigenvalue weighted by atomic mass is 9.73. The standard InChI is InChI=1S/C36H38N4O2/c1-8-10-17-40-29-14-12-11-13-27(29)35(3,4)32(40)20-26-33(23(21-37)22-38)25(34(26)41)19-31-36(5,6)28-18-24(42-7)15-16-30(28)39(31)9-2/h11-16,18-20H,8-10,17H2,1-7H3. The molecule has 2 aromatic rings. The number of fused-ring (bicyclic) bond motifs is 2. The number of rotatable bonds is 8. The molecule has 0 amide bonds. The van der Waals surface area contributed by atoms with Crippen LogP contribution in [-0.2, 0) is 15.6 Å². The first-order valence-electron chi connectivity index (χ1n) is 14.7. The van der Waals surface area contributed by atoms with Crippen LogP contribution in [0.3, 0.4) is 0 Å². The maximum Gasteiger partial charge on any atom is 0.209 e. The maximum absolute atomic E-state index is 14.0. The molecule has 0 atom stereocenters. The van der Waals surface area contributed by atoms with Gasteiger partial charge in [-0.05, 0) is 50.6 Å². The summed E-state index contributed by atoms with van der Waals surface area (Å²) in [7, 11) is 1.66. The second-order valence-corrected chi connectivity index (χ2v) is 12.1. The summed E-state index contributed by atoms with van der Waals surface area (Å²) < 4.78 is 7.81. The number of methoxy groups -OCH3 is 1. The van der Waals surface area contributed by atoms with E-state index >= 15 is 0 Å². The van der Waals surface area contributed by atoms with Crippen LogP contribution in [0.25, 0.3) is 5.41 Å². The highest BCUT2D eigenvalue weighted by molar-refractivity contribution is 6.27. The van der Waals surface area contributed by atoms with Crippen LogP contribution >= 0.6 is 0 Å². The minimum atomic E-state index is -0.419. The van der Waals surface area contributed by atoms with Crippen LogP contribution in [0.1, 0.15) is 65.5 Å². The van der Waals surface area contributed by atoms with Crippen molar-refractivity contribution in [3.63, 3.8) is 0 Å². The molecule has 0 unspecified atom stereocenters. The van der Waals surface area contributed by atoms with E-state index in [0.717, 1.165) is 53.5 Å². The Morgan fingerprint density at radius 1 is 1.07 bits per heavy atom. The third kappa shape index (κ3) is 4.28. The number of allylic oxidation sites excluding steroid dienone is 7. The molecule has 0 radical (unpaired) electrons. The monoisotopic (exact) mass is 558 g/mol. The molecule has 0 bridgehead atoms. The molecule has 2 aromatic carbocycles. The molecule has 2 heterocycles. The highest BCUT2D eigenvalue weighted by Gasteiger charge is 2.47. The van der Waals surface area contributed by atoms with Crippen molar-refractivity contribution in [2.45, 2.75) is 65.2 Å². The fourth-order valence-electron chi connectivity index (χ4n) is 6.65. The van der Waals surface area contributed by atoms with E-state index in [-0.39, 0.29) is 16.8 Å². The number of benzene rings is 2. The molecule has 0 aromatic heterocycles. The summed E-state index contributed by atoms with van der Waals surface area (Å²) in [6, 6.07) is 16.5. The molecule has 3 aliphatic rings. The number of hydrogen-bond acceptors (Lipinski definition) is 4. The number of carbonyl (C=O) groups excluding carboxylic acids is 1. The van der Waals surface area contributed by atoms with Crippen molar-refractivity contribution >= 4 is 28.7 Å². The van der Waals surface area contributed by atoms with Crippen molar-refractivity contribution in [1.82, 2.24) is 0 Å². The fraction of sp³-hybridized carbons (Fsp3) is 0.361. The molecule has 0 spiro atoms. The second-order valence-electron chi connectivity index (χ2n) is 12.1. The van der Waals surface area contributed by atoms with Gasteiger partial charge in [0.05, 0.1) is 18.1 Å². The average Bonchev–Trinajstić information content (AvgIpc) is 3.34. The van der Waals surface area contributed by atoms with E-state index in [9.17, 15) is 15.5 Å². The molecule has 0 fully saturated rings. The Morgan fingerprint density at radius 2 is 1.81 bits per heavy atom. The number of para-hydroxylation sites is 1. The summed E-state index contributed by atoms with van der Waals surface area (Å²) in [6.45, 7) is 14.4. The van der Waals surface area contributed by atoms with Gasteiger partial charge in [0.15, 0.2) is 11.5 Å². The number of anilines is 1. The number of likely N-dealkylation sites (N-methyl/N-ethyl adjacent to an activating group) is 1. The van der Waals surface area contributed by atoms with Crippen molar-refractivity contribution < 1.29 is 14.1 Å². The maximum atomic E-state index is 14.0. The third-order valence-electron chi connectivity index (χ3n) is 9.01. The highest BCUT2D eigenvalue weighted by atomic mass is 16.5. The predicted octanol–water partition coefficient (Wildman–Crippen LogP) is 7.07. The zero-order valence-electron chi connectivity index (χ0n) is 25.6. The quantitative estimate of drug-likeness (QED) is 0.150. The zero-order valence-corrected chi connectivity index (χ0v) is 25.6. The number of Topliss-reactive ketones (excluding diaryl/α,β-unsaturated/α-hetero) is 1. The summed E-state index contributed by atoms with van der Waals surface area (Å²) in [5.74, 6) is 2.70. The van der Waals surface area contributed by atoms with E-state index in [1.54, 1.807) is 7.11 Å². The van der Waals surface area contributed by atoms with Gasteiger partial charge in [0, 0.05) is 64.2 Å². The summed E-state index contributed by atoms with van der Waals surface area (Å²) >= 11 is 0. The Morgan fingerprint density at radius 3 is 2.45 bits per heavy atom. The van der Waals surface area contributed by atoms with Gasteiger partial charge in [0.25, 0.3) is 0 Å². The molecular formula is C36H38N4O2. The number of carbonyl (C=O) groups is 1. The van der Waals surface area contributed by atoms with E-state index in [1.165, 1.54) is 5.56 Å². The van der Waals surface area contributed by atoms with Crippen molar-refractivity contribution in [3.05, 3.63) is 99.1 Å². The van der Waals surface area contributed by atoms with Crippen LogP contribution < -0.4 is 9.64 Å². The Balaban J connectivity index is 1.70. The second kappa shape index (κ2) is 10.7. The molecule has 5 rings (SSSR count). The Kier molecular flexibility index (Phi) is 7.43. The van der Waals surface area contributed by atoms with Crippen molar-refractivity contribution in [2.24, 2.45) is 0 Å². The van der Waals surface area contributed by atoms with Gasteiger partial charge in [0.2, 0.25) is 5.69 Å². The molecule has 0 N–H and O–H groups in total. The number of ether oxygens (including phenoxy) is 1. The largest absolute Gasteiger partial charge is 0.762 e. The smallest absolute Gasteiger partial charge is 0.209 e. The van der Waals surface area contributed by atoms with Gasteiger partial charge in [-0.3, -0.25) is 4.79 Å². The number of unbranched alkanes of at least 4 members (excludes halogenated alkanes) is 1. The Hall–Kier alpha value is -4.46. The van der Waals surface area contributed by atoms with Gasteiger partial charge >= 0.3 is 0 Å². The molecule has 214 valence electrons. The van der Waals surface area contributed by atoms with Gasteiger partial charge < -0.3 is 15.0 Å². The van der Waals surface area contributed by atoms with Crippen LogP contribution in [0.15, 0.2) is 82.6 Å². The first-order chi connectivity index (χ1) is 20.1. The number of nitrogens with zero attached hydrogens (tertiary/aromatic N) is 4. The first-order valence-corrected chi connectivity index (χ1v) is 14.7. The molecule has 6 nitrogen and oxygen atoms in total. The molecule has 6 heteroatoms. The van der Waals surface area contributed by atoms with E-state index in [2.05, 4.69) is 75.1 Å². The molecule has 42 heavy (non-hydrogen) atoms. The fourth-order valence-corrected chi connectivity index (χ4v) is 6.65. The lowest BCUT2D eigenvalue weighted by molar-refractivity contribution is -0.438. The number of nitriles is 1. The van der Waals surface area contributed by atoms with E-state index in [4.69, 9.17) is 4.74 Å². The minimum Gasteiger partial charge on any atom is -0.762 e. The van der Waals surface area contributed by atoms with Crippen LogP contribution in [0, 0.1) is 11.3 Å².